The topological polar surface area (TPSA) is 61.4 Å². The summed E-state index contributed by atoms with van der Waals surface area (Å²) in [6, 6.07) is 11.5. The van der Waals surface area contributed by atoms with Crippen LogP contribution < -0.4 is 10.6 Å². The average Bonchev–Trinajstić information content (AvgIpc) is 3.16. The summed E-state index contributed by atoms with van der Waals surface area (Å²) in [6.45, 7) is 2.89. The molecule has 1 aliphatic heterocycles. The van der Waals surface area contributed by atoms with Crippen molar-refractivity contribution in [1.29, 1.82) is 0 Å². The Morgan fingerprint density at radius 3 is 2.62 bits per heavy atom. The molecule has 2 aromatic carbocycles. The van der Waals surface area contributed by atoms with Crippen molar-refractivity contribution < 1.29 is 9.59 Å². The number of hydrogen-bond acceptors (Lipinski definition) is 3. The predicted octanol–water partition coefficient (Wildman–Crippen LogP) is 4.16. The van der Waals surface area contributed by atoms with Crippen LogP contribution in [0.15, 0.2) is 36.4 Å². The number of likely N-dealkylation sites (tertiary alicyclic amines) is 1. The van der Waals surface area contributed by atoms with Crippen molar-refractivity contribution in [1.82, 2.24) is 4.90 Å². The molecule has 1 aliphatic carbocycles. The lowest BCUT2D eigenvalue weighted by atomic mass is 9.90. The number of anilines is 2. The highest BCUT2D eigenvalue weighted by Gasteiger charge is 2.28. The molecule has 2 amide bonds. The molecule has 0 unspecified atom stereocenters. The molecular weight excluding hydrogens is 362 g/mol. The number of nitrogens with zero attached hydrogens (tertiary/aromatic N) is 1. The molecule has 29 heavy (non-hydrogen) atoms. The molecule has 0 radical (unpaired) electrons. The minimum absolute atomic E-state index is 0.00258. The second-order valence-corrected chi connectivity index (χ2v) is 8.26. The van der Waals surface area contributed by atoms with Crippen LogP contribution in [-0.4, -0.2) is 36.3 Å². The first kappa shape index (κ1) is 19.6. The SMILES string of the molecule is Cc1ccc(C(=O)Nc2cccc3c2CCCC3)cc1NC(=O)[C@@H]1CCCN1C. The molecule has 4 rings (SSSR count). The van der Waals surface area contributed by atoms with Crippen LogP contribution in [0.4, 0.5) is 11.4 Å². The molecule has 2 aliphatic rings. The summed E-state index contributed by atoms with van der Waals surface area (Å²) in [5, 5.41) is 6.12. The van der Waals surface area contributed by atoms with Gasteiger partial charge in [-0.1, -0.05) is 18.2 Å². The Labute approximate surface area is 172 Å². The minimum Gasteiger partial charge on any atom is -0.324 e. The normalized spacial score (nSPS) is 18.9. The summed E-state index contributed by atoms with van der Waals surface area (Å²) < 4.78 is 0. The van der Waals surface area contributed by atoms with Crippen LogP contribution in [0.25, 0.3) is 0 Å². The molecule has 2 N–H and O–H groups in total. The third-order valence-electron chi connectivity index (χ3n) is 6.22. The van der Waals surface area contributed by atoms with E-state index in [2.05, 4.69) is 21.6 Å². The Balaban J connectivity index is 1.51. The van der Waals surface area contributed by atoms with E-state index in [1.165, 1.54) is 17.5 Å². The van der Waals surface area contributed by atoms with Crippen LogP contribution in [0.1, 0.15) is 52.7 Å². The van der Waals surface area contributed by atoms with E-state index in [0.717, 1.165) is 49.9 Å². The molecule has 0 bridgehead atoms. The molecule has 0 spiro atoms. The van der Waals surface area contributed by atoms with Crippen molar-refractivity contribution >= 4 is 23.2 Å². The second-order valence-electron chi connectivity index (χ2n) is 8.26. The third kappa shape index (κ3) is 4.20. The number of carbonyl (C=O) groups is 2. The molecule has 0 saturated carbocycles. The lowest BCUT2D eigenvalue weighted by Gasteiger charge is -2.20. The summed E-state index contributed by atoms with van der Waals surface area (Å²) in [5.41, 5.74) is 5.72. The molecular formula is C24H29N3O2. The van der Waals surface area contributed by atoms with E-state index in [-0.39, 0.29) is 17.9 Å². The van der Waals surface area contributed by atoms with Gasteiger partial charge in [0.15, 0.2) is 0 Å². The summed E-state index contributed by atoms with van der Waals surface area (Å²) in [6.07, 6.45) is 6.38. The number of aryl methyl sites for hydroxylation is 2. The minimum atomic E-state index is -0.141. The quantitative estimate of drug-likeness (QED) is 0.823. The number of likely N-dealkylation sites (N-methyl/N-ethyl adjacent to an activating group) is 1. The van der Waals surface area contributed by atoms with Crippen molar-refractivity contribution in [3.05, 3.63) is 58.7 Å². The second kappa shape index (κ2) is 8.37. The Morgan fingerprint density at radius 1 is 1.00 bits per heavy atom. The highest BCUT2D eigenvalue weighted by Crippen LogP contribution is 2.28. The Hall–Kier alpha value is -2.66. The fourth-order valence-electron chi connectivity index (χ4n) is 4.45. The van der Waals surface area contributed by atoms with Crippen molar-refractivity contribution in [3.63, 3.8) is 0 Å². The molecule has 1 atom stereocenters. The molecule has 1 fully saturated rings. The van der Waals surface area contributed by atoms with Crippen LogP contribution in [0.5, 0.6) is 0 Å². The van der Waals surface area contributed by atoms with Gasteiger partial charge in [-0.15, -0.1) is 0 Å². The molecule has 1 heterocycles. The Kier molecular flexibility index (Phi) is 5.67. The van der Waals surface area contributed by atoms with Gasteiger partial charge < -0.3 is 10.6 Å². The first-order chi connectivity index (χ1) is 14.0. The largest absolute Gasteiger partial charge is 0.324 e. The van der Waals surface area contributed by atoms with Gasteiger partial charge in [0.05, 0.1) is 6.04 Å². The van der Waals surface area contributed by atoms with Crippen molar-refractivity contribution in [3.8, 4) is 0 Å². The summed E-state index contributed by atoms with van der Waals surface area (Å²) >= 11 is 0. The number of hydrogen-bond donors (Lipinski definition) is 2. The Morgan fingerprint density at radius 2 is 1.83 bits per heavy atom. The Bertz CT molecular complexity index is 938. The average molecular weight is 392 g/mol. The molecule has 152 valence electrons. The first-order valence-electron chi connectivity index (χ1n) is 10.6. The monoisotopic (exact) mass is 391 g/mol. The maximum atomic E-state index is 12.9. The van der Waals surface area contributed by atoms with E-state index in [0.29, 0.717) is 11.3 Å². The summed E-state index contributed by atoms with van der Waals surface area (Å²) in [7, 11) is 1.98. The standard InChI is InChI=1S/C24H29N3O2/c1-16-12-13-18(15-21(16)26-24(29)22-11-6-14-27(22)2)23(28)25-20-10-5-8-17-7-3-4-9-19(17)20/h5,8,10,12-13,15,22H,3-4,6-7,9,11,14H2,1-2H3,(H,25,28)(H,26,29)/t22-/m0/s1. The van der Waals surface area contributed by atoms with Gasteiger partial charge in [0.1, 0.15) is 0 Å². The van der Waals surface area contributed by atoms with Crippen LogP contribution in [-0.2, 0) is 17.6 Å². The lowest BCUT2D eigenvalue weighted by Crippen LogP contribution is -2.37. The summed E-state index contributed by atoms with van der Waals surface area (Å²) in [4.78, 5) is 27.7. The fraction of sp³-hybridized carbons (Fsp3) is 0.417. The highest BCUT2D eigenvalue weighted by molar-refractivity contribution is 6.06. The maximum absolute atomic E-state index is 12.9. The number of amides is 2. The van der Waals surface area contributed by atoms with Gasteiger partial charge in [-0.25, -0.2) is 0 Å². The van der Waals surface area contributed by atoms with Gasteiger partial charge in [-0.3, -0.25) is 14.5 Å². The maximum Gasteiger partial charge on any atom is 0.255 e. The number of nitrogens with one attached hydrogen (secondary N) is 2. The van der Waals surface area contributed by atoms with Crippen LogP contribution >= 0.6 is 0 Å². The van der Waals surface area contributed by atoms with E-state index in [9.17, 15) is 9.59 Å². The number of benzene rings is 2. The fourth-order valence-corrected chi connectivity index (χ4v) is 4.45. The van der Waals surface area contributed by atoms with Gasteiger partial charge in [-0.05, 0) is 93.9 Å². The predicted molar refractivity (Wildman–Crippen MR) is 116 cm³/mol. The van der Waals surface area contributed by atoms with Crippen molar-refractivity contribution in [2.24, 2.45) is 0 Å². The molecule has 5 nitrogen and oxygen atoms in total. The van der Waals surface area contributed by atoms with Gasteiger partial charge in [-0.2, -0.15) is 0 Å². The lowest BCUT2D eigenvalue weighted by molar-refractivity contribution is -0.119. The van der Waals surface area contributed by atoms with Gasteiger partial charge in [0.25, 0.3) is 5.91 Å². The van der Waals surface area contributed by atoms with Gasteiger partial charge >= 0.3 is 0 Å². The van der Waals surface area contributed by atoms with Crippen LogP contribution in [0.3, 0.4) is 0 Å². The number of rotatable bonds is 4. The van der Waals surface area contributed by atoms with Gasteiger partial charge in [0, 0.05) is 16.9 Å². The van der Waals surface area contributed by atoms with Gasteiger partial charge in [0.2, 0.25) is 5.91 Å². The van der Waals surface area contributed by atoms with E-state index in [1.54, 1.807) is 6.07 Å². The van der Waals surface area contributed by atoms with E-state index >= 15 is 0 Å². The van der Waals surface area contributed by atoms with E-state index in [1.807, 2.05) is 38.2 Å². The van der Waals surface area contributed by atoms with E-state index in [4.69, 9.17) is 0 Å². The molecule has 5 heteroatoms. The molecule has 1 saturated heterocycles. The third-order valence-corrected chi connectivity index (χ3v) is 6.22. The van der Waals surface area contributed by atoms with Crippen molar-refractivity contribution in [2.45, 2.75) is 51.5 Å². The number of fused-ring (bicyclic) bond motifs is 1. The van der Waals surface area contributed by atoms with Crippen molar-refractivity contribution in [2.75, 3.05) is 24.2 Å². The first-order valence-corrected chi connectivity index (χ1v) is 10.6. The zero-order chi connectivity index (χ0) is 20.4. The zero-order valence-electron chi connectivity index (χ0n) is 17.3. The molecule has 2 aromatic rings. The van der Waals surface area contributed by atoms with Crippen LogP contribution in [0.2, 0.25) is 0 Å². The molecule has 0 aromatic heterocycles. The van der Waals surface area contributed by atoms with Crippen LogP contribution in [0, 0.1) is 6.92 Å². The highest BCUT2D eigenvalue weighted by atomic mass is 16.2. The number of carbonyl (C=O) groups excluding carboxylic acids is 2. The van der Waals surface area contributed by atoms with E-state index < -0.39 is 0 Å². The zero-order valence-corrected chi connectivity index (χ0v) is 17.3. The summed E-state index contributed by atoms with van der Waals surface area (Å²) in [5.74, 6) is -0.139. The smallest absolute Gasteiger partial charge is 0.255 e.